The topological polar surface area (TPSA) is 55.6 Å². The third-order valence-corrected chi connectivity index (χ3v) is 6.15. The number of carbonyl (C=O) groups excluding carboxylic acids is 1. The third-order valence-electron chi connectivity index (χ3n) is 6.15. The van der Waals surface area contributed by atoms with Gasteiger partial charge in [0.25, 0.3) is 0 Å². The summed E-state index contributed by atoms with van der Waals surface area (Å²) >= 11 is 0. The van der Waals surface area contributed by atoms with E-state index in [1.54, 1.807) is 7.11 Å². The molecule has 0 saturated heterocycles. The Morgan fingerprint density at radius 3 is 2.48 bits per heavy atom. The zero-order valence-corrected chi connectivity index (χ0v) is 15.4. The van der Waals surface area contributed by atoms with Crippen molar-refractivity contribution < 1.29 is 9.53 Å². The maximum Gasteiger partial charge on any atom is 0.225 e. The van der Waals surface area contributed by atoms with E-state index in [9.17, 15) is 4.79 Å². The molecule has 2 saturated carbocycles. The molecule has 1 aromatic rings. The van der Waals surface area contributed by atoms with Crippen molar-refractivity contribution in [1.29, 1.82) is 0 Å². The molecule has 2 unspecified atom stereocenters. The number of fused-ring (bicyclic) bond motifs is 2. The van der Waals surface area contributed by atoms with Crippen LogP contribution in [0.15, 0.2) is 30.3 Å². The first-order chi connectivity index (χ1) is 12.2. The normalized spacial score (nSPS) is 28.6. The Kier molecular flexibility index (Phi) is 6.49. The molecule has 0 spiro atoms. The van der Waals surface area contributed by atoms with Gasteiger partial charge < -0.3 is 15.4 Å². The van der Waals surface area contributed by atoms with Crippen LogP contribution in [0.3, 0.4) is 0 Å². The maximum atomic E-state index is 13.2. The van der Waals surface area contributed by atoms with Gasteiger partial charge in [0.1, 0.15) is 0 Å². The molecule has 2 atom stereocenters. The lowest BCUT2D eigenvalue weighted by molar-refractivity contribution is -0.139. The van der Waals surface area contributed by atoms with Crippen molar-refractivity contribution in [2.75, 3.05) is 26.8 Å². The van der Waals surface area contributed by atoms with Crippen molar-refractivity contribution >= 4 is 5.91 Å². The van der Waals surface area contributed by atoms with Crippen molar-refractivity contribution in [3.63, 3.8) is 0 Å². The molecule has 138 valence electrons. The van der Waals surface area contributed by atoms with Gasteiger partial charge >= 0.3 is 0 Å². The third kappa shape index (κ3) is 4.62. The van der Waals surface area contributed by atoms with Gasteiger partial charge in [-0.2, -0.15) is 0 Å². The van der Waals surface area contributed by atoms with Gasteiger partial charge in [-0.25, -0.2) is 0 Å². The molecule has 25 heavy (non-hydrogen) atoms. The van der Waals surface area contributed by atoms with E-state index in [2.05, 4.69) is 24.3 Å². The number of methoxy groups -OCH3 is 1. The van der Waals surface area contributed by atoms with Crippen LogP contribution in [-0.2, 0) is 16.0 Å². The molecule has 2 bridgehead atoms. The summed E-state index contributed by atoms with van der Waals surface area (Å²) in [5.74, 6) is 1.55. The van der Waals surface area contributed by atoms with E-state index in [-0.39, 0.29) is 5.92 Å². The second-order valence-corrected chi connectivity index (χ2v) is 7.75. The van der Waals surface area contributed by atoms with Crippen molar-refractivity contribution in [3.05, 3.63) is 35.9 Å². The van der Waals surface area contributed by atoms with Crippen molar-refractivity contribution in [3.8, 4) is 0 Å². The summed E-state index contributed by atoms with van der Waals surface area (Å²) in [4.78, 5) is 15.2. The number of nitrogens with zero attached hydrogens (tertiary/aromatic N) is 1. The van der Waals surface area contributed by atoms with Crippen LogP contribution in [0.4, 0.5) is 0 Å². The number of amides is 1. The fraction of sp³-hybridized carbons (Fsp3) is 0.667. The Hall–Kier alpha value is -1.39. The molecular weight excluding hydrogens is 312 g/mol. The predicted molar refractivity (Wildman–Crippen MR) is 100 cm³/mol. The number of hydrogen-bond donors (Lipinski definition) is 1. The van der Waals surface area contributed by atoms with Crippen LogP contribution in [0.1, 0.15) is 37.7 Å². The van der Waals surface area contributed by atoms with Crippen LogP contribution in [0, 0.1) is 17.8 Å². The SMILES string of the molecule is COCCN(CCc1ccccc1)C(=O)C1CC2CCCC(C1)C2N. The van der Waals surface area contributed by atoms with Gasteiger partial charge in [-0.1, -0.05) is 36.8 Å². The van der Waals surface area contributed by atoms with Crippen LogP contribution in [-0.4, -0.2) is 43.7 Å². The van der Waals surface area contributed by atoms with Crippen molar-refractivity contribution in [2.45, 2.75) is 44.6 Å². The monoisotopic (exact) mass is 344 g/mol. The number of nitrogens with two attached hydrogens (primary N) is 1. The highest BCUT2D eigenvalue weighted by Crippen LogP contribution is 2.42. The van der Waals surface area contributed by atoms with Gasteiger partial charge in [0.15, 0.2) is 0 Å². The highest BCUT2D eigenvalue weighted by Gasteiger charge is 2.41. The summed E-state index contributed by atoms with van der Waals surface area (Å²) in [5, 5.41) is 0. The van der Waals surface area contributed by atoms with Gasteiger partial charge in [0.2, 0.25) is 5.91 Å². The second kappa shape index (κ2) is 8.81. The Balaban J connectivity index is 1.62. The van der Waals surface area contributed by atoms with Gasteiger partial charge in [-0.15, -0.1) is 0 Å². The molecule has 1 aromatic carbocycles. The molecule has 4 nitrogen and oxygen atoms in total. The zero-order valence-electron chi connectivity index (χ0n) is 15.4. The Bertz CT molecular complexity index is 534. The van der Waals surface area contributed by atoms with Gasteiger partial charge in [0.05, 0.1) is 6.61 Å². The molecule has 3 rings (SSSR count). The summed E-state index contributed by atoms with van der Waals surface area (Å²) in [6.07, 6.45) is 6.53. The van der Waals surface area contributed by atoms with E-state index < -0.39 is 0 Å². The molecule has 2 fully saturated rings. The number of hydrogen-bond acceptors (Lipinski definition) is 3. The van der Waals surface area contributed by atoms with Gasteiger partial charge in [0, 0.05) is 32.2 Å². The van der Waals surface area contributed by atoms with Crippen LogP contribution in [0.2, 0.25) is 0 Å². The van der Waals surface area contributed by atoms with E-state index in [0.29, 0.717) is 36.9 Å². The van der Waals surface area contributed by atoms with E-state index in [4.69, 9.17) is 10.5 Å². The minimum absolute atomic E-state index is 0.155. The molecule has 0 aromatic heterocycles. The molecule has 0 aliphatic heterocycles. The average Bonchev–Trinajstić information content (AvgIpc) is 2.62. The highest BCUT2D eigenvalue weighted by molar-refractivity contribution is 5.79. The standard InChI is InChI=1S/C21H32N2O2/c1-25-13-12-23(11-10-16-6-3-2-4-7-16)21(24)19-14-17-8-5-9-18(15-19)20(17)22/h2-4,6-7,17-20H,5,8-15,22H2,1H3. The number of ether oxygens (including phenoxy) is 1. The number of rotatable bonds is 7. The summed E-state index contributed by atoms with van der Waals surface area (Å²) in [5.41, 5.74) is 7.67. The highest BCUT2D eigenvalue weighted by atomic mass is 16.5. The van der Waals surface area contributed by atoms with Gasteiger partial charge in [-0.05, 0) is 49.5 Å². The minimum Gasteiger partial charge on any atom is -0.383 e. The first-order valence-corrected chi connectivity index (χ1v) is 9.76. The van der Waals surface area contributed by atoms with E-state index in [1.165, 1.54) is 24.8 Å². The van der Waals surface area contributed by atoms with E-state index >= 15 is 0 Å². The van der Waals surface area contributed by atoms with Crippen LogP contribution in [0.25, 0.3) is 0 Å². The lowest BCUT2D eigenvalue weighted by Gasteiger charge is -2.44. The maximum absolute atomic E-state index is 13.2. The Morgan fingerprint density at radius 2 is 1.84 bits per heavy atom. The molecule has 2 aliphatic carbocycles. The molecule has 1 amide bonds. The van der Waals surface area contributed by atoms with Crippen LogP contribution in [0.5, 0.6) is 0 Å². The van der Waals surface area contributed by atoms with Gasteiger partial charge in [-0.3, -0.25) is 4.79 Å². The van der Waals surface area contributed by atoms with Crippen LogP contribution < -0.4 is 5.73 Å². The second-order valence-electron chi connectivity index (χ2n) is 7.75. The van der Waals surface area contributed by atoms with E-state index in [1.807, 2.05) is 11.0 Å². The molecule has 2 N–H and O–H groups in total. The lowest BCUT2D eigenvalue weighted by atomic mass is 9.65. The minimum atomic E-state index is 0.155. The summed E-state index contributed by atoms with van der Waals surface area (Å²) in [6.45, 7) is 2.05. The summed E-state index contributed by atoms with van der Waals surface area (Å²) in [7, 11) is 1.70. The smallest absolute Gasteiger partial charge is 0.225 e. The Morgan fingerprint density at radius 1 is 1.16 bits per heavy atom. The molecule has 4 heteroatoms. The molecule has 2 aliphatic rings. The molecule has 0 radical (unpaired) electrons. The molecular formula is C21H32N2O2. The number of benzene rings is 1. The number of carbonyl (C=O) groups is 1. The largest absolute Gasteiger partial charge is 0.383 e. The lowest BCUT2D eigenvalue weighted by Crippen LogP contribution is -2.50. The van der Waals surface area contributed by atoms with Crippen molar-refractivity contribution in [1.82, 2.24) is 4.90 Å². The summed E-state index contributed by atoms with van der Waals surface area (Å²) in [6, 6.07) is 10.7. The van der Waals surface area contributed by atoms with Crippen molar-refractivity contribution in [2.24, 2.45) is 23.5 Å². The first-order valence-electron chi connectivity index (χ1n) is 9.76. The van der Waals surface area contributed by atoms with Crippen LogP contribution >= 0.6 is 0 Å². The fourth-order valence-corrected chi connectivity index (χ4v) is 4.69. The summed E-state index contributed by atoms with van der Waals surface area (Å²) < 4.78 is 5.24. The average molecular weight is 344 g/mol. The first kappa shape index (κ1) is 18.4. The molecule has 0 heterocycles. The fourth-order valence-electron chi connectivity index (χ4n) is 4.69. The zero-order chi connectivity index (χ0) is 17.6. The Labute approximate surface area is 151 Å². The quantitative estimate of drug-likeness (QED) is 0.827. The predicted octanol–water partition coefficient (Wildman–Crippen LogP) is 2.86. The van der Waals surface area contributed by atoms with E-state index in [0.717, 1.165) is 25.8 Å².